The molecule has 2 nitrogen and oxygen atoms in total. The summed E-state index contributed by atoms with van der Waals surface area (Å²) in [5.41, 5.74) is 2.66. The fraction of sp³-hybridized carbons (Fsp3) is 0.188. The molecule has 0 spiro atoms. The largest absolute Gasteiger partial charge is 0.308 e. The highest BCUT2D eigenvalue weighted by Crippen LogP contribution is 2.31. The molecular weight excluding hydrogens is 404 g/mol. The highest BCUT2D eigenvalue weighted by molar-refractivity contribution is 14.1. The molecule has 2 aromatic carbocycles. The van der Waals surface area contributed by atoms with E-state index in [0.717, 1.165) is 21.2 Å². The summed E-state index contributed by atoms with van der Waals surface area (Å²) < 4.78 is 14.5. The Hall–Kier alpha value is -1.14. The molecule has 3 rings (SSSR count). The number of aryl methyl sites for hydroxylation is 1. The number of carbonyl (C=O) groups excluding carboxylic acids is 1. The van der Waals surface area contributed by atoms with Crippen LogP contribution in [-0.4, -0.2) is 5.91 Å². The van der Waals surface area contributed by atoms with Crippen LogP contribution >= 0.6 is 34.2 Å². The lowest BCUT2D eigenvalue weighted by atomic mass is 10.0. The molecule has 0 N–H and O–H groups in total. The van der Waals surface area contributed by atoms with Gasteiger partial charge in [-0.05, 0) is 76.5 Å². The SMILES string of the molecule is O=C1CCc2cc(I)ccc2N1Cc1cc(F)ccc1Cl. The molecule has 5 heteroatoms. The standard InChI is InChI=1S/C16H12ClFINO/c17-14-4-2-12(18)7-11(14)9-20-15-5-3-13(19)8-10(15)1-6-16(20)21/h2-5,7-8H,1,6,9H2. The fourth-order valence-corrected chi connectivity index (χ4v) is 3.27. The predicted octanol–water partition coefficient (Wildman–Crippen LogP) is 4.56. The van der Waals surface area contributed by atoms with Gasteiger partial charge in [0.25, 0.3) is 0 Å². The lowest BCUT2D eigenvalue weighted by Crippen LogP contribution is -2.34. The zero-order valence-corrected chi connectivity index (χ0v) is 14.0. The van der Waals surface area contributed by atoms with Crippen LogP contribution in [0.3, 0.4) is 0 Å². The van der Waals surface area contributed by atoms with Gasteiger partial charge in [0.1, 0.15) is 5.82 Å². The van der Waals surface area contributed by atoms with Crippen LogP contribution in [0.2, 0.25) is 5.02 Å². The molecule has 0 saturated heterocycles. The van der Waals surface area contributed by atoms with E-state index in [1.54, 1.807) is 4.90 Å². The Labute approximate surface area is 141 Å². The van der Waals surface area contributed by atoms with Crippen LogP contribution in [0, 0.1) is 9.39 Å². The lowest BCUT2D eigenvalue weighted by molar-refractivity contribution is -0.119. The zero-order valence-electron chi connectivity index (χ0n) is 11.1. The number of carbonyl (C=O) groups is 1. The zero-order chi connectivity index (χ0) is 15.0. The van der Waals surface area contributed by atoms with E-state index in [1.165, 1.54) is 18.2 Å². The third-order valence-corrected chi connectivity index (χ3v) is 4.62. The van der Waals surface area contributed by atoms with Crippen molar-refractivity contribution < 1.29 is 9.18 Å². The Morgan fingerprint density at radius 1 is 1.19 bits per heavy atom. The van der Waals surface area contributed by atoms with E-state index in [-0.39, 0.29) is 11.7 Å². The van der Waals surface area contributed by atoms with Crippen LogP contribution in [0.1, 0.15) is 17.5 Å². The average Bonchev–Trinajstić information content (AvgIpc) is 2.45. The van der Waals surface area contributed by atoms with Crippen LogP contribution in [0.4, 0.5) is 10.1 Å². The molecule has 108 valence electrons. The number of anilines is 1. The smallest absolute Gasteiger partial charge is 0.227 e. The minimum Gasteiger partial charge on any atom is -0.308 e. The molecule has 0 aromatic heterocycles. The van der Waals surface area contributed by atoms with E-state index in [9.17, 15) is 9.18 Å². The van der Waals surface area contributed by atoms with Crippen LogP contribution < -0.4 is 4.90 Å². The Morgan fingerprint density at radius 2 is 2.00 bits per heavy atom. The second-order valence-corrected chi connectivity index (χ2v) is 6.64. The van der Waals surface area contributed by atoms with Crippen molar-refractivity contribution in [1.82, 2.24) is 0 Å². The summed E-state index contributed by atoms with van der Waals surface area (Å²) in [5, 5.41) is 0.474. The molecule has 0 aliphatic carbocycles. The molecule has 21 heavy (non-hydrogen) atoms. The normalized spacial score (nSPS) is 14.2. The summed E-state index contributed by atoms with van der Waals surface area (Å²) >= 11 is 8.37. The summed E-state index contributed by atoms with van der Waals surface area (Å²) in [6, 6.07) is 10.2. The van der Waals surface area contributed by atoms with Gasteiger partial charge in [-0.25, -0.2) is 4.39 Å². The number of nitrogens with zero attached hydrogens (tertiary/aromatic N) is 1. The summed E-state index contributed by atoms with van der Waals surface area (Å²) in [4.78, 5) is 13.9. The van der Waals surface area contributed by atoms with Gasteiger partial charge in [0, 0.05) is 20.7 Å². The lowest BCUT2D eigenvalue weighted by Gasteiger charge is -2.30. The van der Waals surface area contributed by atoms with Gasteiger partial charge in [0.15, 0.2) is 0 Å². The van der Waals surface area contributed by atoms with E-state index in [4.69, 9.17) is 11.6 Å². The van der Waals surface area contributed by atoms with Gasteiger partial charge in [-0.15, -0.1) is 0 Å². The van der Waals surface area contributed by atoms with Crippen LogP contribution in [0.25, 0.3) is 0 Å². The number of hydrogen-bond acceptors (Lipinski definition) is 1. The van der Waals surface area contributed by atoms with Crippen molar-refractivity contribution in [1.29, 1.82) is 0 Å². The number of fused-ring (bicyclic) bond motifs is 1. The number of halogens is 3. The van der Waals surface area contributed by atoms with Gasteiger partial charge in [0.2, 0.25) is 5.91 Å². The first-order valence-corrected chi connectivity index (χ1v) is 8.03. The minimum atomic E-state index is -0.346. The second-order valence-electron chi connectivity index (χ2n) is 4.99. The van der Waals surface area contributed by atoms with Gasteiger partial charge >= 0.3 is 0 Å². The van der Waals surface area contributed by atoms with E-state index in [2.05, 4.69) is 28.7 Å². The third kappa shape index (κ3) is 3.06. The van der Waals surface area contributed by atoms with Crippen molar-refractivity contribution >= 4 is 45.8 Å². The number of amides is 1. The quantitative estimate of drug-likeness (QED) is 0.658. The van der Waals surface area contributed by atoms with Gasteiger partial charge in [-0.1, -0.05) is 11.6 Å². The Balaban J connectivity index is 1.98. The molecule has 0 radical (unpaired) electrons. The first-order chi connectivity index (χ1) is 10.0. The summed E-state index contributed by atoms with van der Waals surface area (Å²) in [6.07, 6.45) is 1.22. The van der Waals surface area contributed by atoms with Crippen molar-refractivity contribution in [3.8, 4) is 0 Å². The van der Waals surface area contributed by atoms with Crippen molar-refractivity contribution in [2.45, 2.75) is 19.4 Å². The van der Waals surface area contributed by atoms with E-state index in [1.807, 2.05) is 12.1 Å². The molecule has 0 saturated carbocycles. The van der Waals surface area contributed by atoms with Gasteiger partial charge in [-0.3, -0.25) is 4.79 Å². The topological polar surface area (TPSA) is 20.3 Å². The first-order valence-electron chi connectivity index (χ1n) is 6.57. The molecule has 0 atom stereocenters. The van der Waals surface area contributed by atoms with Crippen molar-refractivity contribution in [2.24, 2.45) is 0 Å². The molecule has 1 heterocycles. The molecule has 1 amide bonds. The molecule has 1 aliphatic heterocycles. The van der Waals surface area contributed by atoms with Crippen molar-refractivity contribution in [3.63, 3.8) is 0 Å². The van der Waals surface area contributed by atoms with Crippen LogP contribution in [-0.2, 0) is 17.8 Å². The van der Waals surface area contributed by atoms with E-state index < -0.39 is 0 Å². The first kappa shape index (κ1) is 14.8. The van der Waals surface area contributed by atoms with E-state index in [0.29, 0.717) is 23.6 Å². The van der Waals surface area contributed by atoms with Gasteiger partial charge < -0.3 is 4.90 Å². The van der Waals surface area contributed by atoms with E-state index >= 15 is 0 Å². The van der Waals surface area contributed by atoms with Gasteiger partial charge in [0.05, 0.1) is 6.54 Å². The summed E-state index contributed by atoms with van der Waals surface area (Å²) in [5.74, 6) is -0.300. The maximum Gasteiger partial charge on any atom is 0.227 e. The second kappa shape index (κ2) is 5.93. The molecule has 2 aromatic rings. The molecule has 0 bridgehead atoms. The molecule has 0 fully saturated rings. The van der Waals surface area contributed by atoms with Crippen LogP contribution in [0.5, 0.6) is 0 Å². The fourth-order valence-electron chi connectivity index (χ4n) is 2.54. The number of hydrogen-bond donors (Lipinski definition) is 0. The molecule has 1 aliphatic rings. The minimum absolute atomic E-state index is 0.0454. The highest BCUT2D eigenvalue weighted by atomic mass is 127. The maximum absolute atomic E-state index is 13.4. The van der Waals surface area contributed by atoms with Crippen molar-refractivity contribution in [3.05, 3.63) is 61.9 Å². The predicted molar refractivity (Wildman–Crippen MR) is 90.1 cm³/mol. The Morgan fingerprint density at radius 3 is 2.81 bits per heavy atom. The Kier molecular flexibility index (Phi) is 4.17. The van der Waals surface area contributed by atoms with Gasteiger partial charge in [-0.2, -0.15) is 0 Å². The maximum atomic E-state index is 13.4. The monoisotopic (exact) mass is 415 g/mol. The molecular formula is C16H12ClFINO. The van der Waals surface area contributed by atoms with Crippen LogP contribution in [0.15, 0.2) is 36.4 Å². The highest BCUT2D eigenvalue weighted by Gasteiger charge is 2.25. The summed E-state index contributed by atoms with van der Waals surface area (Å²) in [7, 11) is 0. The third-order valence-electron chi connectivity index (χ3n) is 3.58. The molecule has 0 unspecified atom stereocenters. The number of rotatable bonds is 2. The van der Waals surface area contributed by atoms with Crippen molar-refractivity contribution in [2.75, 3.05) is 4.90 Å². The summed E-state index contributed by atoms with van der Waals surface area (Å²) in [6.45, 7) is 0.295. The number of benzene rings is 2. The Bertz CT molecular complexity index is 719. The average molecular weight is 416 g/mol.